The van der Waals surface area contributed by atoms with Crippen molar-refractivity contribution in [3.63, 3.8) is 0 Å². The van der Waals surface area contributed by atoms with Crippen LogP contribution in [0.4, 0.5) is 0 Å². The van der Waals surface area contributed by atoms with Gasteiger partial charge in [-0.2, -0.15) is 0 Å². The van der Waals surface area contributed by atoms with Gasteiger partial charge in [-0.15, -0.1) is 16.8 Å². The van der Waals surface area contributed by atoms with Crippen molar-refractivity contribution >= 4 is 17.5 Å². The van der Waals surface area contributed by atoms with E-state index in [1.165, 1.54) is 29.3 Å². The molecule has 3 aromatic rings. The van der Waals surface area contributed by atoms with Crippen LogP contribution in [0.25, 0.3) is 0 Å². The average molecular weight is 434 g/mol. The summed E-state index contributed by atoms with van der Waals surface area (Å²) in [6, 6.07) is 13.7. The van der Waals surface area contributed by atoms with E-state index in [9.17, 15) is 4.79 Å². The molecule has 1 aromatic heterocycles. The van der Waals surface area contributed by atoms with E-state index in [4.69, 9.17) is 9.47 Å². The highest BCUT2D eigenvalue weighted by Gasteiger charge is 2.28. The molecule has 0 saturated heterocycles. The van der Waals surface area contributed by atoms with Crippen LogP contribution in [-0.2, 0) is 19.4 Å². The van der Waals surface area contributed by atoms with Gasteiger partial charge in [0.2, 0.25) is 0 Å². The number of benzene rings is 2. The molecule has 2 aliphatic rings. The Labute approximate surface area is 185 Å². The van der Waals surface area contributed by atoms with Crippen LogP contribution in [0.1, 0.15) is 39.8 Å². The molecule has 0 bridgehead atoms. The zero-order valence-electron chi connectivity index (χ0n) is 17.1. The number of nitrogens with zero attached hydrogens (tertiary/aromatic N) is 3. The number of aromatic nitrogens is 3. The summed E-state index contributed by atoms with van der Waals surface area (Å²) in [5.74, 6) is 2.48. The molecule has 5 rings (SSSR count). The maximum Gasteiger partial charge on any atom is 0.192 e. The zero-order chi connectivity index (χ0) is 21.2. The summed E-state index contributed by atoms with van der Waals surface area (Å²) in [4.78, 5) is 12.8. The lowest BCUT2D eigenvalue weighted by Crippen LogP contribution is -2.25. The summed E-state index contributed by atoms with van der Waals surface area (Å²) < 4.78 is 13.9. The van der Waals surface area contributed by atoms with Crippen LogP contribution in [0, 0.1) is 0 Å². The standard InChI is InChI=1S/C24H23N3O3S/c1-2-12-27-23(22-14-29-20-8-3-4-9-21(20)30-22)25-26-24(27)31-15-19(28)18-11-10-16-6-5-7-17(16)13-18/h2-4,8-11,13,22H,1,5-7,12,14-15H2/t22-/m0/s1. The quantitative estimate of drug-likeness (QED) is 0.312. The van der Waals surface area contributed by atoms with Gasteiger partial charge < -0.3 is 9.47 Å². The molecular formula is C24H23N3O3S. The Morgan fingerprint density at radius 3 is 2.87 bits per heavy atom. The molecule has 6 nitrogen and oxygen atoms in total. The van der Waals surface area contributed by atoms with Crippen molar-refractivity contribution < 1.29 is 14.3 Å². The number of para-hydroxylation sites is 2. The Morgan fingerprint density at radius 2 is 2.00 bits per heavy atom. The lowest BCUT2D eigenvalue weighted by Gasteiger charge is -2.26. The Kier molecular flexibility index (Phi) is 5.51. The zero-order valence-corrected chi connectivity index (χ0v) is 17.9. The fourth-order valence-corrected chi connectivity index (χ4v) is 4.90. The van der Waals surface area contributed by atoms with Crippen LogP contribution in [-0.4, -0.2) is 32.9 Å². The molecule has 0 N–H and O–H groups in total. The Bertz CT molecular complexity index is 1140. The van der Waals surface area contributed by atoms with Crippen LogP contribution in [0.5, 0.6) is 11.5 Å². The number of ketones is 1. The van der Waals surface area contributed by atoms with E-state index < -0.39 is 0 Å². The second-order valence-electron chi connectivity index (χ2n) is 7.65. The van der Waals surface area contributed by atoms with Crippen LogP contribution in [0.15, 0.2) is 60.3 Å². The van der Waals surface area contributed by atoms with Gasteiger partial charge in [-0.05, 0) is 48.6 Å². The van der Waals surface area contributed by atoms with Crippen LogP contribution in [0.2, 0.25) is 0 Å². The number of ether oxygens (including phenoxy) is 2. The van der Waals surface area contributed by atoms with Crippen LogP contribution >= 0.6 is 11.8 Å². The van der Waals surface area contributed by atoms with E-state index in [0.29, 0.717) is 35.6 Å². The smallest absolute Gasteiger partial charge is 0.192 e. The van der Waals surface area contributed by atoms with Gasteiger partial charge in [-0.3, -0.25) is 9.36 Å². The third kappa shape index (κ3) is 3.97. The SMILES string of the molecule is C=CCn1c(SCC(=O)c2ccc3c(c2)CCC3)nnc1[C@@H]1COc2ccccc2O1. The highest BCUT2D eigenvalue weighted by molar-refractivity contribution is 7.99. The van der Waals surface area contributed by atoms with Gasteiger partial charge in [0.25, 0.3) is 0 Å². The van der Waals surface area contributed by atoms with Crippen molar-refractivity contribution in [2.24, 2.45) is 0 Å². The first kappa shape index (κ1) is 19.9. The summed E-state index contributed by atoms with van der Waals surface area (Å²) in [7, 11) is 0. The number of carbonyl (C=O) groups is 1. The van der Waals surface area contributed by atoms with E-state index in [1.807, 2.05) is 34.9 Å². The van der Waals surface area contributed by atoms with E-state index in [1.54, 1.807) is 6.08 Å². The summed E-state index contributed by atoms with van der Waals surface area (Å²) in [5, 5.41) is 9.36. The molecule has 1 atom stereocenters. The van der Waals surface area contributed by atoms with Crippen molar-refractivity contribution in [1.29, 1.82) is 0 Å². The first-order valence-electron chi connectivity index (χ1n) is 10.4. The number of Topliss-reactive ketones (excluding diaryl/α,β-unsaturated/α-hetero) is 1. The van der Waals surface area contributed by atoms with Gasteiger partial charge in [-0.25, -0.2) is 0 Å². The average Bonchev–Trinajstić information content (AvgIpc) is 3.44. The summed E-state index contributed by atoms with van der Waals surface area (Å²) in [6.07, 6.45) is 4.77. The van der Waals surface area contributed by atoms with Crippen molar-refractivity contribution in [1.82, 2.24) is 14.8 Å². The minimum absolute atomic E-state index is 0.0978. The molecule has 1 aliphatic heterocycles. The Morgan fingerprint density at radius 1 is 1.16 bits per heavy atom. The predicted octanol–water partition coefficient (Wildman–Crippen LogP) is 4.44. The number of rotatable bonds is 7. The van der Waals surface area contributed by atoms with Crippen molar-refractivity contribution in [2.45, 2.75) is 37.1 Å². The van der Waals surface area contributed by atoms with E-state index in [-0.39, 0.29) is 11.9 Å². The minimum Gasteiger partial charge on any atom is -0.485 e. The lowest BCUT2D eigenvalue weighted by molar-refractivity contribution is 0.0821. The maximum atomic E-state index is 12.8. The van der Waals surface area contributed by atoms with Crippen molar-refractivity contribution in [2.75, 3.05) is 12.4 Å². The molecule has 0 saturated carbocycles. The first-order chi connectivity index (χ1) is 15.2. The summed E-state index contributed by atoms with van der Waals surface area (Å²) >= 11 is 1.39. The highest BCUT2D eigenvalue weighted by atomic mass is 32.2. The normalized spacial score (nSPS) is 16.7. The largest absolute Gasteiger partial charge is 0.485 e. The third-order valence-electron chi connectivity index (χ3n) is 5.61. The summed E-state index contributed by atoms with van der Waals surface area (Å²) in [5.41, 5.74) is 3.45. The third-order valence-corrected chi connectivity index (χ3v) is 6.57. The van der Waals surface area contributed by atoms with Crippen LogP contribution in [0.3, 0.4) is 0 Å². The van der Waals surface area contributed by atoms with Gasteiger partial charge in [0.15, 0.2) is 34.4 Å². The molecule has 2 heterocycles. The molecule has 0 radical (unpaired) electrons. The number of fused-ring (bicyclic) bond motifs is 2. The topological polar surface area (TPSA) is 66.2 Å². The second-order valence-corrected chi connectivity index (χ2v) is 8.60. The Hall–Kier alpha value is -3.06. The molecular weight excluding hydrogens is 410 g/mol. The number of hydrogen-bond donors (Lipinski definition) is 0. The van der Waals surface area contributed by atoms with Crippen molar-refractivity contribution in [3.05, 3.63) is 77.6 Å². The number of allylic oxidation sites excluding steroid dienone is 1. The monoisotopic (exact) mass is 433 g/mol. The highest BCUT2D eigenvalue weighted by Crippen LogP contribution is 2.36. The molecule has 31 heavy (non-hydrogen) atoms. The van der Waals surface area contributed by atoms with E-state index in [0.717, 1.165) is 24.2 Å². The lowest BCUT2D eigenvalue weighted by atomic mass is 10.0. The number of aryl methyl sites for hydroxylation is 2. The van der Waals surface area contributed by atoms with Crippen LogP contribution < -0.4 is 9.47 Å². The molecule has 7 heteroatoms. The van der Waals surface area contributed by atoms with E-state index in [2.05, 4.69) is 28.9 Å². The number of thioether (sulfide) groups is 1. The molecule has 0 fully saturated rings. The van der Waals surface area contributed by atoms with Crippen molar-refractivity contribution in [3.8, 4) is 11.5 Å². The number of hydrogen-bond acceptors (Lipinski definition) is 6. The molecule has 0 amide bonds. The molecule has 0 spiro atoms. The molecule has 2 aromatic carbocycles. The van der Waals surface area contributed by atoms with Gasteiger partial charge in [-0.1, -0.05) is 42.1 Å². The predicted molar refractivity (Wildman–Crippen MR) is 119 cm³/mol. The van der Waals surface area contributed by atoms with Gasteiger partial charge in [0.05, 0.1) is 5.75 Å². The summed E-state index contributed by atoms with van der Waals surface area (Å²) in [6.45, 7) is 4.73. The maximum absolute atomic E-state index is 12.8. The fraction of sp³-hybridized carbons (Fsp3) is 0.292. The molecule has 1 aliphatic carbocycles. The first-order valence-corrected chi connectivity index (χ1v) is 11.4. The molecule has 158 valence electrons. The Balaban J connectivity index is 1.31. The number of carbonyl (C=O) groups excluding carboxylic acids is 1. The second kappa shape index (κ2) is 8.59. The van der Waals surface area contributed by atoms with Gasteiger partial charge in [0.1, 0.15) is 6.61 Å². The minimum atomic E-state index is -0.371. The van der Waals surface area contributed by atoms with E-state index >= 15 is 0 Å². The fourth-order valence-electron chi connectivity index (χ4n) is 4.05. The van der Waals surface area contributed by atoms with Gasteiger partial charge in [0, 0.05) is 12.1 Å². The van der Waals surface area contributed by atoms with Gasteiger partial charge >= 0.3 is 0 Å². The molecule has 0 unspecified atom stereocenters.